The van der Waals surface area contributed by atoms with Gasteiger partial charge in [-0.3, -0.25) is 9.69 Å². The number of ether oxygens (including phenoxy) is 1. The Morgan fingerprint density at radius 1 is 1.37 bits per heavy atom. The van der Waals surface area contributed by atoms with Crippen LogP contribution in [0.15, 0.2) is 24.3 Å². The second-order valence-electron chi connectivity index (χ2n) is 8.16. The van der Waals surface area contributed by atoms with Crippen LogP contribution in [-0.2, 0) is 4.74 Å². The average molecular weight is 375 g/mol. The molecule has 5 heteroatoms. The first kappa shape index (κ1) is 20.3. The number of rotatable bonds is 7. The molecule has 2 aliphatic heterocycles. The second-order valence-corrected chi connectivity index (χ2v) is 8.16. The molecule has 1 amide bonds. The van der Waals surface area contributed by atoms with Crippen molar-refractivity contribution in [1.82, 2.24) is 9.80 Å². The Bertz CT molecular complexity index is 636. The van der Waals surface area contributed by atoms with E-state index in [4.69, 9.17) is 4.74 Å². The van der Waals surface area contributed by atoms with Gasteiger partial charge in [0, 0.05) is 31.8 Å². The van der Waals surface area contributed by atoms with E-state index in [-0.39, 0.29) is 18.6 Å². The summed E-state index contributed by atoms with van der Waals surface area (Å²) in [4.78, 5) is 17.6. The molecule has 0 aliphatic carbocycles. The Morgan fingerprint density at radius 3 is 2.85 bits per heavy atom. The van der Waals surface area contributed by atoms with E-state index in [1.54, 1.807) is 7.11 Å². The van der Waals surface area contributed by atoms with E-state index in [2.05, 4.69) is 11.8 Å². The number of likely N-dealkylation sites (tertiary alicyclic amines) is 2. The van der Waals surface area contributed by atoms with Crippen LogP contribution in [0.4, 0.5) is 0 Å². The largest absolute Gasteiger partial charge is 0.394 e. The normalized spacial score (nSPS) is 28.8. The first-order chi connectivity index (χ1) is 13.1. The van der Waals surface area contributed by atoms with Crippen molar-refractivity contribution in [1.29, 1.82) is 0 Å². The number of hydrogen-bond acceptors (Lipinski definition) is 4. The van der Waals surface area contributed by atoms with Crippen molar-refractivity contribution in [3.8, 4) is 0 Å². The lowest BCUT2D eigenvalue weighted by atomic mass is 9.88. The van der Waals surface area contributed by atoms with Gasteiger partial charge >= 0.3 is 0 Å². The molecule has 150 valence electrons. The minimum absolute atomic E-state index is 0.0293. The van der Waals surface area contributed by atoms with Crippen LogP contribution in [0.3, 0.4) is 0 Å². The Labute approximate surface area is 163 Å². The molecule has 4 atom stereocenters. The van der Waals surface area contributed by atoms with E-state index >= 15 is 0 Å². The van der Waals surface area contributed by atoms with Gasteiger partial charge in [-0.05, 0) is 50.3 Å². The Kier molecular flexibility index (Phi) is 6.90. The maximum absolute atomic E-state index is 13.2. The van der Waals surface area contributed by atoms with Crippen molar-refractivity contribution >= 4 is 5.91 Å². The number of hydrogen-bond donors (Lipinski definition) is 1. The number of benzene rings is 1. The minimum Gasteiger partial charge on any atom is -0.394 e. The maximum atomic E-state index is 13.2. The molecule has 2 heterocycles. The number of nitrogens with zero attached hydrogens (tertiary/aromatic N) is 2. The molecule has 0 radical (unpaired) electrons. The number of aliphatic hydroxyl groups excluding tert-OH is 1. The lowest BCUT2D eigenvalue weighted by Gasteiger charge is -2.32. The van der Waals surface area contributed by atoms with Crippen LogP contribution in [0.2, 0.25) is 0 Å². The van der Waals surface area contributed by atoms with Crippen LogP contribution in [-0.4, -0.2) is 72.9 Å². The molecular formula is C22H34N2O3. The monoisotopic (exact) mass is 374 g/mol. The molecule has 0 aromatic heterocycles. The number of carbonyl (C=O) groups is 1. The topological polar surface area (TPSA) is 53.0 Å². The highest BCUT2D eigenvalue weighted by molar-refractivity contribution is 5.94. The number of methoxy groups -OCH3 is 1. The van der Waals surface area contributed by atoms with Crippen LogP contribution >= 0.6 is 0 Å². The Hall–Kier alpha value is -1.43. The summed E-state index contributed by atoms with van der Waals surface area (Å²) in [5.74, 6) is 0.791. The molecule has 27 heavy (non-hydrogen) atoms. The standard InChI is InChI=1S/C22H34N2O3/c1-4-17-12-24(22(26)18-8-5-7-16(2)11-18)21(14-25)20(17)13-23-10-6-9-19(23)15-27-3/h5,7-8,11,17,19-21,25H,4,6,9-10,12-15H2,1-3H3/t17-,19-,20-,21-/m1/s1. The summed E-state index contributed by atoms with van der Waals surface area (Å²) >= 11 is 0. The Balaban J connectivity index is 1.77. The quantitative estimate of drug-likeness (QED) is 0.797. The summed E-state index contributed by atoms with van der Waals surface area (Å²) in [6.45, 7) is 7.76. The summed E-state index contributed by atoms with van der Waals surface area (Å²) in [7, 11) is 1.76. The van der Waals surface area contributed by atoms with Crippen molar-refractivity contribution < 1.29 is 14.6 Å². The fraction of sp³-hybridized carbons (Fsp3) is 0.682. The highest BCUT2D eigenvalue weighted by Gasteiger charge is 2.44. The molecule has 1 aromatic carbocycles. The number of aliphatic hydroxyl groups is 1. The molecule has 0 bridgehead atoms. The van der Waals surface area contributed by atoms with Gasteiger partial charge in [0.2, 0.25) is 0 Å². The summed E-state index contributed by atoms with van der Waals surface area (Å²) < 4.78 is 5.40. The van der Waals surface area contributed by atoms with Gasteiger partial charge in [0.1, 0.15) is 0 Å². The molecule has 2 aliphatic rings. The molecule has 0 unspecified atom stereocenters. The van der Waals surface area contributed by atoms with Gasteiger partial charge in [0.05, 0.1) is 19.3 Å². The lowest BCUT2D eigenvalue weighted by Crippen LogP contribution is -2.45. The number of carbonyl (C=O) groups excluding carboxylic acids is 1. The van der Waals surface area contributed by atoms with Crippen LogP contribution in [0.5, 0.6) is 0 Å². The van der Waals surface area contributed by atoms with E-state index in [9.17, 15) is 9.90 Å². The molecule has 2 saturated heterocycles. The van der Waals surface area contributed by atoms with Crippen molar-refractivity contribution in [2.24, 2.45) is 11.8 Å². The van der Waals surface area contributed by atoms with Crippen molar-refractivity contribution in [2.45, 2.75) is 45.2 Å². The predicted molar refractivity (Wildman–Crippen MR) is 107 cm³/mol. The molecule has 3 rings (SSSR count). The van der Waals surface area contributed by atoms with Gasteiger partial charge in [0.25, 0.3) is 5.91 Å². The smallest absolute Gasteiger partial charge is 0.254 e. The average Bonchev–Trinajstić information content (AvgIpc) is 3.26. The summed E-state index contributed by atoms with van der Waals surface area (Å²) in [5.41, 5.74) is 1.81. The van der Waals surface area contributed by atoms with E-state index in [0.29, 0.717) is 17.9 Å². The van der Waals surface area contributed by atoms with Gasteiger partial charge in [-0.15, -0.1) is 0 Å². The molecule has 0 spiro atoms. The summed E-state index contributed by atoms with van der Waals surface area (Å²) in [6.07, 6.45) is 3.40. The second kappa shape index (κ2) is 9.18. The SMILES string of the molecule is CC[C@@H]1CN(C(=O)c2cccc(C)c2)[C@H](CO)[C@@H]1CN1CCC[C@@H]1COC. The van der Waals surface area contributed by atoms with Gasteiger partial charge in [-0.1, -0.05) is 31.0 Å². The van der Waals surface area contributed by atoms with Crippen LogP contribution < -0.4 is 0 Å². The number of aryl methyl sites for hydroxylation is 1. The van der Waals surface area contributed by atoms with Crippen molar-refractivity contribution in [2.75, 3.05) is 40.0 Å². The number of amides is 1. The van der Waals surface area contributed by atoms with Crippen LogP contribution in [0, 0.1) is 18.8 Å². The van der Waals surface area contributed by atoms with Crippen LogP contribution in [0.1, 0.15) is 42.1 Å². The van der Waals surface area contributed by atoms with E-state index in [0.717, 1.165) is 43.8 Å². The summed E-state index contributed by atoms with van der Waals surface area (Å²) in [6, 6.07) is 8.12. The zero-order valence-electron chi connectivity index (χ0n) is 16.9. The first-order valence-corrected chi connectivity index (χ1v) is 10.3. The van der Waals surface area contributed by atoms with Crippen molar-refractivity contribution in [3.63, 3.8) is 0 Å². The fourth-order valence-corrected chi connectivity index (χ4v) is 4.97. The molecular weight excluding hydrogens is 340 g/mol. The van der Waals surface area contributed by atoms with Crippen LogP contribution in [0.25, 0.3) is 0 Å². The highest BCUT2D eigenvalue weighted by Crippen LogP contribution is 2.35. The molecule has 5 nitrogen and oxygen atoms in total. The highest BCUT2D eigenvalue weighted by atomic mass is 16.5. The van der Waals surface area contributed by atoms with E-state index < -0.39 is 0 Å². The third kappa shape index (κ3) is 4.36. The predicted octanol–water partition coefficient (Wildman–Crippen LogP) is 2.56. The third-order valence-electron chi connectivity index (χ3n) is 6.47. The minimum atomic E-state index is -0.105. The lowest BCUT2D eigenvalue weighted by molar-refractivity contribution is 0.0578. The summed E-state index contributed by atoms with van der Waals surface area (Å²) in [5, 5.41) is 10.2. The van der Waals surface area contributed by atoms with Gasteiger partial charge in [-0.25, -0.2) is 0 Å². The van der Waals surface area contributed by atoms with Gasteiger partial charge in [-0.2, -0.15) is 0 Å². The third-order valence-corrected chi connectivity index (χ3v) is 6.47. The van der Waals surface area contributed by atoms with E-state index in [1.807, 2.05) is 36.1 Å². The van der Waals surface area contributed by atoms with Crippen molar-refractivity contribution in [3.05, 3.63) is 35.4 Å². The maximum Gasteiger partial charge on any atom is 0.254 e. The Morgan fingerprint density at radius 2 is 2.19 bits per heavy atom. The molecule has 1 aromatic rings. The first-order valence-electron chi connectivity index (χ1n) is 10.3. The van der Waals surface area contributed by atoms with Gasteiger partial charge < -0.3 is 14.7 Å². The molecule has 1 N–H and O–H groups in total. The molecule has 0 saturated carbocycles. The molecule has 2 fully saturated rings. The fourth-order valence-electron chi connectivity index (χ4n) is 4.97. The van der Waals surface area contributed by atoms with E-state index in [1.165, 1.54) is 12.8 Å². The zero-order valence-corrected chi connectivity index (χ0v) is 16.9. The van der Waals surface area contributed by atoms with Gasteiger partial charge in [0.15, 0.2) is 0 Å². The zero-order chi connectivity index (χ0) is 19.4.